The lowest BCUT2D eigenvalue weighted by Crippen LogP contribution is -2.58. The van der Waals surface area contributed by atoms with E-state index in [4.69, 9.17) is 27.8 Å². The monoisotopic (exact) mass is 659 g/mol. The second kappa shape index (κ2) is 14.5. The Hall–Kier alpha value is -4.18. The average molecular weight is 660 g/mol. The predicted octanol–water partition coefficient (Wildman–Crippen LogP) is 3.88. The van der Waals surface area contributed by atoms with Crippen LogP contribution in [0.4, 0.5) is 10.5 Å². The number of Topliss-reactive ketones (excluding diaryl/α,β-unsaturated/α-hetero) is 2. The molecule has 2 aromatic rings. The van der Waals surface area contributed by atoms with Crippen LogP contribution >= 0.6 is 0 Å². The number of methoxy groups -OCH3 is 1. The van der Waals surface area contributed by atoms with E-state index < -0.39 is 70.7 Å². The van der Waals surface area contributed by atoms with Crippen molar-refractivity contribution < 1.29 is 33.4 Å². The number of rotatable bonds is 5. The smallest absolute Gasteiger partial charge is 0.411 e. The van der Waals surface area contributed by atoms with Gasteiger partial charge < -0.3 is 19.9 Å². The van der Waals surface area contributed by atoms with Gasteiger partial charge in [-0.15, -0.1) is 5.10 Å². The molecular weight excluding hydrogens is 613 g/mol. The highest BCUT2D eigenvalue weighted by Gasteiger charge is 2.60. The van der Waals surface area contributed by atoms with Gasteiger partial charge in [0.25, 0.3) is 0 Å². The van der Waals surface area contributed by atoms with Crippen LogP contribution in [0, 0.1) is 35.5 Å². The third kappa shape index (κ3) is 7.14. The Bertz CT molecular complexity index is 1600. The molecule has 1 aromatic carbocycles. The van der Waals surface area contributed by atoms with Crippen LogP contribution in [-0.4, -0.2) is 88.4 Å². The van der Waals surface area contributed by atoms with Crippen molar-refractivity contribution in [3.8, 4) is 23.1 Å². The minimum Gasteiger partial charge on any atom is -0.458 e. The number of nitrogens with two attached hydrogens (primary N) is 1. The van der Waals surface area contributed by atoms with Crippen molar-refractivity contribution in [2.24, 2.45) is 23.7 Å². The molecule has 0 aliphatic carbocycles. The molecule has 3 heterocycles. The van der Waals surface area contributed by atoms with E-state index in [0.29, 0.717) is 11.4 Å². The third-order valence-electron chi connectivity index (χ3n) is 10.1. The van der Waals surface area contributed by atoms with E-state index >= 15 is 0 Å². The average Bonchev–Trinajstić information content (AvgIpc) is 3.64. The number of anilines is 1. The van der Waals surface area contributed by atoms with Gasteiger partial charge in [0.15, 0.2) is 5.60 Å². The summed E-state index contributed by atoms with van der Waals surface area (Å²) in [4.78, 5) is 56.0. The van der Waals surface area contributed by atoms with Crippen molar-refractivity contribution in [2.75, 3.05) is 19.4 Å². The van der Waals surface area contributed by atoms with Gasteiger partial charge >= 0.3 is 12.1 Å². The van der Waals surface area contributed by atoms with Gasteiger partial charge in [0, 0.05) is 36.1 Å². The molecule has 4 rings (SSSR count). The maximum atomic E-state index is 14.1. The molecule has 1 amide bonds. The normalized spacial score (nSPS) is 33.2. The number of esters is 1. The Morgan fingerprint density at radius 2 is 1.75 bits per heavy atom. The first-order valence-electron chi connectivity index (χ1n) is 16.4. The minimum absolute atomic E-state index is 0.0562. The number of aromatic nitrogens is 3. The molecule has 13 heteroatoms. The molecule has 0 spiro atoms. The first-order chi connectivity index (χ1) is 22.6. The summed E-state index contributed by atoms with van der Waals surface area (Å²) in [7, 11) is 8.08. The van der Waals surface area contributed by atoms with Crippen LogP contribution in [0.3, 0.4) is 0 Å². The van der Waals surface area contributed by atoms with Gasteiger partial charge in [-0.2, -0.15) is 0 Å². The van der Waals surface area contributed by atoms with Gasteiger partial charge in [-0.25, -0.2) is 9.48 Å². The zero-order valence-electron chi connectivity index (χ0n) is 29.1. The molecule has 2 saturated heterocycles. The Balaban J connectivity index is 1.65. The number of nitrogens with zero attached hydrogens (tertiary/aromatic N) is 4. The van der Waals surface area contributed by atoms with E-state index in [-0.39, 0.29) is 31.7 Å². The lowest BCUT2D eigenvalue weighted by atomic mass is 9.62. The fourth-order valence-corrected chi connectivity index (χ4v) is 7.13. The number of nitrogen functional groups attached to an aromatic ring is 1. The summed E-state index contributed by atoms with van der Waals surface area (Å²) in [5.74, 6) is 0.730. The first kappa shape index (κ1) is 36.7. The Morgan fingerprint density at radius 3 is 2.40 bits per heavy atom. The standard InChI is InChI=1S/C35H46BN5O7/c1-9-27-35(7)31(22(4)28(42)20(2)18-34(6,46-8)30(36)21(3)29(43)23(5)32(44)47-27)41(33(45)48-35)16-11-10-15-40-19-26(38-39-40)24-13-12-14-25(37)17-24/h12-14,17,19-23,27,30-31H,9,15-16,18,37H2,1-8H3/t20-,21+,22+,23-,27-,30-,31-,34-,35-/m1/s1. The lowest BCUT2D eigenvalue weighted by Gasteiger charge is -2.43. The number of ether oxygens (including phenoxy) is 3. The Morgan fingerprint density at radius 1 is 1.06 bits per heavy atom. The molecule has 0 saturated carbocycles. The highest BCUT2D eigenvalue weighted by atomic mass is 16.6. The number of hydrogen-bond donors (Lipinski definition) is 1. The third-order valence-corrected chi connectivity index (χ3v) is 10.1. The van der Waals surface area contributed by atoms with Crippen LogP contribution in [0.15, 0.2) is 30.5 Å². The summed E-state index contributed by atoms with van der Waals surface area (Å²) in [6, 6.07) is 6.46. The Labute approximate surface area is 283 Å². The number of cyclic esters (lactones) is 1. The van der Waals surface area contributed by atoms with Crippen LogP contribution in [-0.2, 0) is 35.1 Å². The second-order valence-corrected chi connectivity index (χ2v) is 13.5. The van der Waals surface area contributed by atoms with Gasteiger partial charge in [-0.3, -0.25) is 19.3 Å². The number of carbonyl (C=O) groups excluding carboxylic acids is 4. The fraction of sp³-hybridized carbons (Fsp3) is 0.600. The van der Waals surface area contributed by atoms with Crippen molar-refractivity contribution in [3.63, 3.8) is 0 Å². The molecule has 0 unspecified atom stereocenters. The van der Waals surface area contributed by atoms with E-state index in [1.165, 1.54) is 18.9 Å². The predicted molar refractivity (Wildman–Crippen MR) is 179 cm³/mol. The molecule has 2 N–H and O–H groups in total. The maximum absolute atomic E-state index is 14.1. The van der Waals surface area contributed by atoms with E-state index in [2.05, 4.69) is 22.2 Å². The summed E-state index contributed by atoms with van der Waals surface area (Å²) in [5, 5.41) is 8.33. The summed E-state index contributed by atoms with van der Waals surface area (Å²) in [6.07, 6.45) is 0.594. The minimum atomic E-state index is -1.42. The van der Waals surface area contributed by atoms with E-state index in [1.807, 2.05) is 12.1 Å². The van der Waals surface area contributed by atoms with Crippen LogP contribution in [0.25, 0.3) is 11.3 Å². The zero-order valence-corrected chi connectivity index (χ0v) is 29.1. The SMILES string of the molecule is [B][C@@H]1[C@@H](C)C(=O)[C@@H](C)C(=O)O[C@H](CC)[C@@]2(C)OC(=O)N(CC#CCn3cc(-c4cccc(N)c4)nn3)[C@@H]2[C@@H](C)C(=O)[C@H](C)C[C@@]1(C)OC. The molecular formula is C35H46BN5O7. The van der Waals surface area contributed by atoms with Crippen LogP contribution in [0.5, 0.6) is 0 Å². The van der Waals surface area contributed by atoms with Gasteiger partial charge in [-0.05, 0) is 51.6 Å². The highest BCUT2D eigenvalue weighted by Crippen LogP contribution is 2.43. The topological polar surface area (TPSA) is 156 Å². The van der Waals surface area contributed by atoms with Gasteiger partial charge in [0.05, 0.1) is 32.2 Å². The van der Waals surface area contributed by atoms with Crippen molar-refractivity contribution in [1.82, 2.24) is 19.9 Å². The lowest BCUT2D eigenvalue weighted by molar-refractivity contribution is -0.171. The van der Waals surface area contributed by atoms with Crippen molar-refractivity contribution in [1.29, 1.82) is 0 Å². The molecule has 2 aliphatic heterocycles. The molecule has 1 aromatic heterocycles. The largest absolute Gasteiger partial charge is 0.458 e. The van der Waals surface area contributed by atoms with Gasteiger partial charge in [0.2, 0.25) is 0 Å². The number of carbonyl (C=O) groups is 4. The number of amides is 1. The van der Waals surface area contributed by atoms with Crippen molar-refractivity contribution >= 4 is 37.2 Å². The Kier molecular flexibility index (Phi) is 11.1. The fourth-order valence-electron chi connectivity index (χ4n) is 7.13. The molecule has 48 heavy (non-hydrogen) atoms. The van der Waals surface area contributed by atoms with E-state index in [9.17, 15) is 19.2 Å². The highest BCUT2D eigenvalue weighted by molar-refractivity contribution is 6.15. The van der Waals surface area contributed by atoms with Gasteiger partial charge in [-0.1, -0.05) is 56.9 Å². The van der Waals surface area contributed by atoms with Crippen LogP contribution < -0.4 is 5.73 Å². The summed E-state index contributed by atoms with van der Waals surface area (Å²) >= 11 is 0. The zero-order chi connectivity index (χ0) is 35.6. The van der Waals surface area contributed by atoms with Gasteiger partial charge in [0.1, 0.15) is 35.8 Å². The molecule has 2 aliphatic rings. The molecule has 0 bridgehead atoms. The molecule has 12 nitrogen and oxygen atoms in total. The summed E-state index contributed by atoms with van der Waals surface area (Å²) in [5.41, 5.74) is 5.48. The molecule has 2 fully saturated rings. The number of hydrogen-bond acceptors (Lipinski definition) is 10. The number of benzene rings is 1. The van der Waals surface area contributed by atoms with Crippen LogP contribution in [0.1, 0.15) is 61.3 Å². The molecule has 9 atom stereocenters. The van der Waals surface area contributed by atoms with Crippen LogP contribution in [0.2, 0.25) is 5.82 Å². The number of fused-ring (bicyclic) bond motifs is 1. The maximum Gasteiger partial charge on any atom is 0.411 e. The second-order valence-electron chi connectivity index (χ2n) is 13.5. The summed E-state index contributed by atoms with van der Waals surface area (Å²) < 4.78 is 19.3. The molecule has 256 valence electrons. The quantitative estimate of drug-likeness (QED) is 0.164. The first-order valence-corrected chi connectivity index (χ1v) is 16.4. The van der Waals surface area contributed by atoms with Crippen molar-refractivity contribution in [3.05, 3.63) is 30.5 Å². The van der Waals surface area contributed by atoms with E-state index in [1.54, 1.807) is 64.6 Å². The summed E-state index contributed by atoms with van der Waals surface area (Å²) in [6.45, 7) is 12.0. The number of ketones is 2. The van der Waals surface area contributed by atoms with Crippen molar-refractivity contribution in [2.45, 2.75) is 97.0 Å². The molecule has 2 radical (unpaired) electrons. The van der Waals surface area contributed by atoms with E-state index in [0.717, 1.165) is 5.56 Å².